The third kappa shape index (κ3) is 5.51. The summed E-state index contributed by atoms with van der Waals surface area (Å²) in [6, 6.07) is 0. The molecular weight excluding hydrogens is 223 g/mol. The molecule has 7 nitrogen and oxygen atoms in total. The van der Waals surface area contributed by atoms with Gasteiger partial charge in [-0.15, -0.1) is 0 Å². The molecule has 0 radical (unpaired) electrons. The molecule has 3 N–H and O–H groups in total. The molecule has 1 unspecified atom stereocenters. The molecule has 0 aliphatic heterocycles. The molecular formula is C7H15N2O5P. The Morgan fingerprint density at radius 3 is 2.33 bits per heavy atom. The van der Waals surface area contributed by atoms with Gasteiger partial charge in [0.2, 0.25) is 0 Å². The van der Waals surface area contributed by atoms with Gasteiger partial charge in [0, 0.05) is 6.16 Å². The van der Waals surface area contributed by atoms with Crippen LogP contribution in [0.2, 0.25) is 0 Å². The summed E-state index contributed by atoms with van der Waals surface area (Å²) in [6.07, 6.45) is 0.188. The molecule has 15 heavy (non-hydrogen) atoms. The Labute approximate surface area is 87.8 Å². The Hall–Kier alpha value is -0.910. The fourth-order valence-corrected chi connectivity index (χ4v) is 1.79. The van der Waals surface area contributed by atoms with Crippen molar-refractivity contribution in [1.29, 1.82) is 0 Å². The number of amides is 2. The van der Waals surface area contributed by atoms with Gasteiger partial charge in [-0.3, -0.25) is 18.7 Å². The van der Waals surface area contributed by atoms with E-state index in [2.05, 4.69) is 5.73 Å². The number of primary amides is 1. The fourth-order valence-electron chi connectivity index (χ4n) is 0.700. The van der Waals surface area contributed by atoms with Gasteiger partial charge in [0.05, 0.1) is 6.61 Å². The van der Waals surface area contributed by atoms with Crippen molar-refractivity contribution in [3.8, 4) is 0 Å². The van der Waals surface area contributed by atoms with Crippen molar-refractivity contribution in [2.24, 2.45) is 5.73 Å². The first-order valence-corrected chi connectivity index (χ1v) is 6.13. The molecule has 0 aromatic heterocycles. The van der Waals surface area contributed by atoms with E-state index in [-0.39, 0.29) is 19.5 Å². The molecule has 0 saturated heterocycles. The minimum atomic E-state index is -3.15. The average Bonchev–Trinajstić information content (AvgIpc) is 2.18. The van der Waals surface area contributed by atoms with Gasteiger partial charge >= 0.3 is 19.4 Å². The lowest BCUT2D eigenvalue weighted by Crippen LogP contribution is -2.37. The van der Waals surface area contributed by atoms with Crippen LogP contribution in [0.5, 0.6) is 0 Å². The average molecular weight is 238 g/mol. The van der Waals surface area contributed by atoms with Crippen molar-refractivity contribution < 1.29 is 23.2 Å². The van der Waals surface area contributed by atoms with E-state index in [1.54, 1.807) is 13.8 Å². The fraction of sp³-hybridized carbons (Fsp3) is 0.714. The van der Waals surface area contributed by atoms with Crippen LogP contribution in [0.15, 0.2) is 0 Å². The van der Waals surface area contributed by atoms with Crippen LogP contribution >= 0.6 is 7.60 Å². The zero-order valence-electron chi connectivity index (χ0n) is 8.69. The highest BCUT2D eigenvalue weighted by atomic mass is 31.2. The number of nitrogens with two attached hydrogens (primary N) is 1. The summed E-state index contributed by atoms with van der Waals surface area (Å²) in [5.74, 6) is -2.12. The molecule has 2 amide bonds. The largest absolute Gasteiger partial charge is 0.361 e. The lowest BCUT2D eigenvalue weighted by atomic mass is 10.6. The molecule has 0 spiro atoms. The number of carbonyl (C=O) groups excluding carboxylic acids is 2. The molecule has 8 heteroatoms. The predicted molar refractivity (Wildman–Crippen MR) is 53.1 cm³/mol. The molecule has 88 valence electrons. The number of carbonyl (C=O) groups is 2. The van der Waals surface area contributed by atoms with Crippen molar-refractivity contribution in [2.45, 2.75) is 13.8 Å². The van der Waals surface area contributed by atoms with Crippen molar-refractivity contribution in [1.82, 2.24) is 5.32 Å². The standard InChI is InChI=1S/C7H15N2O5P/c1-3-13-15(12,4-2)14-5-9-7(11)6(8)10/h3-5H2,1-2H3,(H2,8,10)(H,9,11). The second-order valence-corrected chi connectivity index (χ2v) is 4.86. The zero-order chi connectivity index (χ0) is 11.9. The number of nitrogens with one attached hydrogen (secondary N) is 1. The molecule has 0 aromatic rings. The molecule has 0 heterocycles. The maximum Gasteiger partial charge on any atom is 0.332 e. The summed E-state index contributed by atoms with van der Waals surface area (Å²) in [6.45, 7) is 3.18. The molecule has 0 aliphatic carbocycles. The molecule has 0 bridgehead atoms. The van der Waals surface area contributed by atoms with Gasteiger partial charge in [-0.1, -0.05) is 6.92 Å². The Balaban J connectivity index is 3.97. The van der Waals surface area contributed by atoms with Crippen LogP contribution in [0.4, 0.5) is 0 Å². The van der Waals surface area contributed by atoms with Gasteiger partial charge in [0.25, 0.3) is 0 Å². The van der Waals surface area contributed by atoms with Crippen LogP contribution in [0.1, 0.15) is 13.8 Å². The van der Waals surface area contributed by atoms with E-state index in [9.17, 15) is 14.2 Å². The summed E-state index contributed by atoms with van der Waals surface area (Å²) >= 11 is 0. The van der Waals surface area contributed by atoms with E-state index >= 15 is 0 Å². The maximum atomic E-state index is 11.6. The highest BCUT2D eigenvalue weighted by Crippen LogP contribution is 2.46. The van der Waals surface area contributed by atoms with Gasteiger partial charge in [-0.05, 0) is 6.92 Å². The molecule has 0 saturated carbocycles. The summed E-state index contributed by atoms with van der Waals surface area (Å²) in [4.78, 5) is 21.0. The zero-order valence-corrected chi connectivity index (χ0v) is 9.58. The molecule has 0 aromatic carbocycles. The first-order valence-electron chi connectivity index (χ1n) is 4.41. The van der Waals surface area contributed by atoms with E-state index in [1.165, 1.54) is 0 Å². The minimum Gasteiger partial charge on any atom is -0.361 e. The Morgan fingerprint density at radius 1 is 1.33 bits per heavy atom. The Kier molecular flexibility index (Phi) is 6.15. The van der Waals surface area contributed by atoms with Crippen LogP contribution in [-0.4, -0.2) is 31.3 Å². The van der Waals surface area contributed by atoms with Crippen molar-refractivity contribution in [3.05, 3.63) is 0 Å². The highest BCUT2D eigenvalue weighted by Gasteiger charge is 2.21. The van der Waals surface area contributed by atoms with Crippen LogP contribution < -0.4 is 11.1 Å². The maximum absolute atomic E-state index is 11.6. The van der Waals surface area contributed by atoms with Crippen molar-refractivity contribution >= 4 is 19.4 Å². The summed E-state index contributed by atoms with van der Waals surface area (Å²) in [5.41, 5.74) is 4.67. The third-order valence-electron chi connectivity index (χ3n) is 1.43. The first kappa shape index (κ1) is 14.1. The van der Waals surface area contributed by atoms with Crippen molar-refractivity contribution in [2.75, 3.05) is 19.5 Å². The Morgan fingerprint density at radius 2 is 1.93 bits per heavy atom. The molecule has 0 fully saturated rings. The van der Waals surface area contributed by atoms with Crippen LogP contribution in [0.3, 0.4) is 0 Å². The van der Waals surface area contributed by atoms with Crippen LogP contribution in [0.25, 0.3) is 0 Å². The Bertz CT molecular complexity index is 281. The SMILES string of the molecule is CCOP(=O)(CC)OCNC(=O)C(N)=O. The first-order chi connectivity index (χ1) is 6.95. The number of rotatable bonds is 6. The van der Waals surface area contributed by atoms with Gasteiger partial charge in [-0.2, -0.15) is 0 Å². The third-order valence-corrected chi connectivity index (χ3v) is 3.38. The lowest BCUT2D eigenvalue weighted by molar-refractivity contribution is -0.137. The van der Waals surface area contributed by atoms with Gasteiger partial charge < -0.3 is 15.6 Å². The minimum absolute atomic E-state index is 0.188. The van der Waals surface area contributed by atoms with E-state index in [0.717, 1.165) is 0 Å². The summed E-state index contributed by atoms with van der Waals surface area (Å²) in [7, 11) is -3.15. The van der Waals surface area contributed by atoms with Crippen molar-refractivity contribution in [3.63, 3.8) is 0 Å². The topological polar surface area (TPSA) is 108 Å². The van der Waals surface area contributed by atoms with Crippen LogP contribution in [-0.2, 0) is 23.2 Å². The normalized spacial score (nSPS) is 14.3. The summed E-state index contributed by atoms with van der Waals surface area (Å²) in [5, 5.41) is 2.04. The molecule has 1 atom stereocenters. The van der Waals surface area contributed by atoms with E-state index in [1.807, 2.05) is 5.32 Å². The van der Waals surface area contributed by atoms with E-state index in [0.29, 0.717) is 0 Å². The molecule has 0 rings (SSSR count). The number of hydrogen-bond acceptors (Lipinski definition) is 5. The molecule has 0 aliphatic rings. The second-order valence-electron chi connectivity index (χ2n) is 2.49. The number of hydrogen-bond donors (Lipinski definition) is 2. The predicted octanol–water partition coefficient (Wildman–Crippen LogP) is -0.188. The van der Waals surface area contributed by atoms with E-state index in [4.69, 9.17) is 9.05 Å². The van der Waals surface area contributed by atoms with Gasteiger partial charge in [-0.25, -0.2) is 0 Å². The highest BCUT2D eigenvalue weighted by molar-refractivity contribution is 7.53. The van der Waals surface area contributed by atoms with Gasteiger partial charge in [0.15, 0.2) is 0 Å². The quantitative estimate of drug-likeness (QED) is 0.379. The monoisotopic (exact) mass is 238 g/mol. The smallest absolute Gasteiger partial charge is 0.332 e. The summed E-state index contributed by atoms with van der Waals surface area (Å²) < 4.78 is 21.3. The van der Waals surface area contributed by atoms with Crippen LogP contribution in [0, 0.1) is 0 Å². The van der Waals surface area contributed by atoms with E-state index < -0.39 is 19.4 Å². The lowest BCUT2D eigenvalue weighted by Gasteiger charge is -2.15. The second kappa shape index (κ2) is 6.55. The van der Waals surface area contributed by atoms with Gasteiger partial charge in [0.1, 0.15) is 6.73 Å².